The van der Waals surface area contributed by atoms with Crippen molar-refractivity contribution in [3.05, 3.63) is 34.1 Å². The Kier molecular flexibility index (Phi) is 3.42. The van der Waals surface area contributed by atoms with Gasteiger partial charge in [0.25, 0.3) is 0 Å². The van der Waals surface area contributed by atoms with Gasteiger partial charge in [0, 0.05) is 16.6 Å². The van der Waals surface area contributed by atoms with Crippen LogP contribution in [-0.2, 0) is 0 Å². The fourth-order valence-electron chi connectivity index (χ4n) is 1.87. The van der Waals surface area contributed by atoms with Crippen LogP contribution >= 0.6 is 15.9 Å². The summed E-state index contributed by atoms with van der Waals surface area (Å²) >= 11 is 3.40. The maximum atomic E-state index is 12.9. The van der Waals surface area contributed by atoms with Crippen molar-refractivity contribution < 1.29 is 4.39 Å². The molecule has 1 fully saturated rings. The second-order valence-corrected chi connectivity index (χ2v) is 5.04. The van der Waals surface area contributed by atoms with Crippen LogP contribution in [0, 0.1) is 5.82 Å². The molecule has 1 aliphatic carbocycles. The lowest BCUT2D eigenvalue weighted by molar-refractivity contribution is 0.313. The molecule has 1 saturated carbocycles. The van der Waals surface area contributed by atoms with Gasteiger partial charge in [-0.05, 0) is 37.5 Å². The molecule has 0 amide bonds. The Hall–Kier alpha value is -0.410. The highest BCUT2D eigenvalue weighted by atomic mass is 79.9. The van der Waals surface area contributed by atoms with Crippen LogP contribution in [0.1, 0.15) is 37.8 Å². The maximum absolute atomic E-state index is 12.9. The Morgan fingerprint density at radius 1 is 1.47 bits per heavy atom. The minimum Gasteiger partial charge on any atom is -0.307 e. The first-order valence-corrected chi connectivity index (χ1v) is 6.17. The maximum Gasteiger partial charge on any atom is 0.124 e. The summed E-state index contributed by atoms with van der Waals surface area (Å²) in [5.41, 5.74) is 1.13. The smallest absolute Gasteiger partial charge is 0.124 e. The average molecular weight is 272 g/mol. The van der Waals surface area contributed by atoms with Gasteiger partial charge in [-0.1, -0.05) is 28.4 Å². The standard InChI is InChI=1S/C12H15BrFN/c1-8(15-10-3-2-4-10)11-6-5-9(14)7-12(11)13/h5-8,10,15H,2-4H2,1H3. The van der Waals surface area contributed by atoms with Gasteiger partial charge in [0.1, 0.15) is 5.82 Å². The largest absolute Gasteiger partial charge is 0.307 e. The van der Waals surface area contributed by atoms with E-state index in [2.05, 4.69) is 28.2 Å². The van der Waals surface area contributed by atoms with Crippen LogP contribution in [0.15, 0.2) is 22.7 Å². The fraction of sp³-hybridized carbons (Fsp3) is 0.500. The Bertz CT molecular complexity index is 349. The van der Waals surface area contributed by atoms with Crippen LogP contribution in [0.4, 0.5) is 4.39 Å². The molecule has 0 aromatic heterocycles. The van der Waals surface area contributed by atoms with E-state index in [0.717, 1.165) is 10.0 Å². The van der Waals surface area contributed by atoms with E-state index in [-0.39, 0.29) is 11.9 Å². The van der Waals surface area contributed by atoms with Gasteiger partial charge in [-0.15, -0.1) is 0 Å². The summed E-state index contributed by atoms with van der Waals surface area (Å²) in [6.45, 7) is 2.12. The summed E-state index contributed by atoms with van der Waals surface area (Å²) in [4.78, 5) is 0. The molecule has 0 spiro atoms. The number of hydrogen-bond donors (Lipinski definition) is 1. The van der Waals surface area contributed by atoms with Gasteiger partial charge in [-0.3, -0.25) is 0 Å². The molecule has 1 N–H and O–H groups in total. The number of rotatable bonds is 3. The lowest BCUT2D eigenvalue weighted by atomic mass is 9.92. The molecule has 1 unspecified atom stereocenters. The van der Waals surface area contributed by atoms with E-state index in [1.165, 1.54) is 31.4 Å². The molecule has 0 heterocycles. The molecule has 1 atom stereocenters. The first-order valence-electron chi connectivity index (χ1n) is 5.38. The minimum absolute atomic E-state index is 0.193. The molecule has 0 saturated heterocycles. The van der Waals surface area contributed by atoms with Crippen molar-refractivity contribution in [2.75, 3.05) is 0 Å². The van der Waals surface area contributed by atoms with Crippen LogP contribution in [0.3, 0.4) is 0 Å². The molecule has 0 aliphatic heterocycles. The van der Waals surface area contributed by atoms with Crippen molar-refractivity contribution in [2.24, 2.45) is 0 Å². The van der Waals surface area contributed by atoms with Gasteiger partial charge >= 0.3 is 0 Å². The quantitative estimate of drug-likeness (QED) is 0.882. The molecule has 1 aromatic carbocycles. The van der Waals surface area contributed by atoms with Crippen LogP contribution in [-0.4, -0.2) is 6.04 Å². The fourth-order valence-corrected chi connectivity index (χ4v) is 2.57. The molecule has 15 heavy (non-hydrogen) atoms. The Morgan fingerprint density at radius 3 is 2.73 bits per heavy atom. The molecule has 3 heteroatoms. The lowest BCUT2D eigenvalue weighted by Gasteiger charge is -2.30. The zero-order valence-corrected chi connectivity index (χ0v) is 10.3. The molecule has 1 aliphatic rings. The normalized spacial score (nSPS) is 18.6. The Labute approximate surface area is 98.2 Å². The summed E-state index contributed by atoms with van der Waals surface area (Å²) in [5.74, 6) is -0.193. The van der Waals surface area contributed by atoms with Crippen molar-refractivity contribution in [3.63, 3.8) is 0 Å². The van der Waals surface area contributed by atoms with Gasteiger partial charge in [0.05, 0.1) is 0 Å². The van der Waals surface area contributed by atoms with Crippen LogP contribution < -0.4 is 5.32 Å². The van der Waals surface area contributed by atoms with E-state index in [4.69, 9.17) is 0 Å². The summed E-state index contributed by atoms with van der Waals surface area (Å²) in [7, 11) is 0. The molecule has 0 bridgehead atoms. The van der Waals surface area contributed by atoms with Gasteiger partial charge < -0.3 is 5.32 Å². The molecular formula is C12H15BrFN. The van der Waals surface area contributed by atoms with E-state index in [1.54, 1.807) is 0 Å². The number of nitrogens with one attached hydrogen (secondary N) is 1. The van der Waals surface area contributed by atoms with E-state index < -0.39 is 0 Å². The summed E-state index contributed by atoms with van der Waals surface area (Å²) in [6.07, 6.45) is 3.86. The highest BCUT2D eigenvalue weighted by Crippen LogP contribution is 2.27. The van der Waals surface area contributed by atoms with Crippen molar-refractivity contribution >= 4 is 15.9 Å². The number of halogens is 2. The summed E-state index contributed by atoms with van der Waals surface area (Å²) in [5, 5.41) is 3.54. The molecule has 1 nitrogen and oxygen atoms in total. The Morgan fingerprint density at radius 2 is 2.20 bits per heavy atom. The zero-order chi connectivity index (χ0) is 10.8. The summed E-state index contributed by atoms with van der Waals surface area (Å²) < 4.78 is 13.7. The Balaban J connectivity index is 2.06. The van der Waals surface area contributed by atoms with Crippen molar-refractivity contribution in [2.45, 2.75) is 38.3 Å². The second-order valence-electron chi connectivity index (χ2n) is 4.18. The zero-order valence-electron chi connectivity index (χ0n) is 8.76. The van der Waals surface area contributed by atoms with Crippen LogP contribution in [0.2, 0.25) is 0 Å². The van der Waals surface area contributed by atoms with Crippen LogP contribution in [0.25, 0.3) is 0 Å². The van der Waals surface area contributed by atoms with Gasteiger partial charge in [0.15, 0.2) is 0 Å². The molecular weight excluding hydrogens is 257 g/mol. The van der Waals surface area contributed by atoms with Crippen molar-refractivity contribution in [3.8, 4) is 0 Å². The van der Waals surface area contributed by atoms with Gasteiger partial charge in [-0.2, -0.15) is 0 Å². The minimum atomic E-state index is -0.193. The summed E-state index contributed by atoms with van der Waals surface area (Å²) in [6, 6.07) is 5.81. The molecule has 1 aromatic rings. The van der Waals surface area contributed by atoms with E-state index in [1.807, 2.05) is 6.07 Å². The number of benzene rings is 1. The lowest BCUT2D eigenvalue weighted by Crippen LogP contribution is -2.36. The third-order valence-corrected chi connectivity index (χ3v) is 3.71. The van der Waals surface area contributed by atoms with Gasteiger partial charge in [0.2, 0.25) is 0 Å². The van der Waals surface area contributed by atoms with Gasteiger partial charge in [-0.25, -0.2) is 4.39 Å². The number of hydrogen-bond acceptors (Lipinski definition) is 1. The second kappa shape index (κ2) is 4.62. The SMILES string of the molecule is CC(NC1CCC1)c1ccc(F)cc1Br. The molecule has 0 radical (unpaired) electrons. The third kappa shape index (κ3) is 2.58. The predicted molar refractivity (Wildman–Crippen MR) is 63.3 cm³/mol. The van der Waals surface area contributed by atoms with E-state index >= 15 is 0 Å². The van der Waals surface area contributed by atoms with E-state index in [9.17, 15) is 4.39 Å². The van der Waals surface area contributed by atoms with E-state index in [0.29, 0.717) is 6.04 Å². The monoisotopic (exact) mass is 271 g/mol. The molecule has 2 rings (SSSR count). The topological polar surface area (TPSA) is 12.0 Å². The first kappa shape index (κ1) is 11.1. The third-order valence-electron chi connectivity index (χ3n) is 3.02. The van der Waals surface area contributed by atoms with Crippen LogP contribution in [0.5, 0.6) is 0 Å². The highest BCUT2D eigenvalue weighted by molar-refractivity contribution is 9.10. The van der Waals surface area contributed by atoms with Crippen molar-refractivity contribution in [1.82, 2.24) is 5.32 Å². The first-order chi connectivity index (χ1) is 7.16. The average Bonchev–Trinajstić information content (AvgIpc) is 2.11. The van der Waals surface area contributed by atoms with Crippen molar-refractivity contribution in [1.29, 1.82) is 0 Å². The predicted octanol–water partition coefficient (Wildman–Crippen LogP) is 3.79. The molecule has 82 valence electrons. The highest BCUT2D eigenvalue weighted by Gasteiger charge is 2.20.